The number of carboxylic acids is 4. The van der Waals surface area contributed by atoms with Gasteiger partial charge in [-0.1, -0.05) is 0 Å². The van der Waals surface area contributed by atoms with E-state index in [-0.39, 0.29) is 0 Å². The normalized spacial score (nSPS) is 9.71. The van der Waals surface area contributed by atoms with E-state index in [0.29, 0.717) is 24.3 Å². The number of benzene rings is 2. The summed E-state index contributed by atoms with van der Waals surface area (Å²) in [5.41, 5.74) is -2.19. The molecule has 2 aromatic rings. The average Bonchev–Trinajstić information content (AvgIpc) is 2.57. The van der Waals surface area contributed by atoms with Crippen molar-refractivity contribution < 1.29 is 60.0 Å². The van der Waals surface area contributed by atoms with Gasteiger partial charge in [0, 0.05) is 0 Å². The molecule has 0 radical (unpaired) electrons. The molecule has 0 heterocycles. The Kier molecular flexibility index (Phi) is 6.37. The minimum atomic E-state index is -1.45. The number of hydrogen-bond acceptors (Lipinski definition) is 8. The van der Waals surface area contributed by atoms with E-state index in [4.69, 9.17) is 40.9 Å². The number of phenols is 4. The van der Waals surface area contributed by atoms with Gasteiger partial charge in [0.1, 0.15) is 45.3 Å². The van der Waals surface area contributed by atoms with Crippen molar-refractivity contribution in [2.24, 2.45) is 0 Å². The smallest absolute Gasteiger partial charge is 0.339 e. The summed E-state index contributed by atoms with van der Waals surface area (Å²) in [6, 6.07) is 2.73. The standard InChI is InChI=1S/2C8H6O6/c2*9-5-1-3(7(11)12)6(10)2-4(5)8(13)14/h2*1-2,9-10H,(H,11,12)(H,13,14). The van der Waals surface area contributed by atoms with Gasteiger partial charge < -0.3 is 40.9 Å². The SMILES string of the molecule is O=C(O)c1cc(O)c(C(=O)O)cc1O.O=C(O)c1cc(O)c(C(=O)O)cc1O. The van der Waals surface area contributed by atoms with Crippen LogP contribution in [0.3, 0.4) is 0 Å². The lowest BCUT2D eigenvalue weighted by Crippen LogP contribution is -2.01. The fraction of sp³-hybridized carbons (Fsp3) is 0. The second kappa shape index (κ2) is 8.27. The van der Waals surface area contributed by atoms with E-state index >= 15 is 0 Å². The highest BCUT2D eigenvalue weighted by molar-refractivity contribution is 5.97. The topological polar surface area (TPSA) is 230 Å². The zero-order valence-electron chi connectivity index (χ0n) is 13.5. The fourth-order valence-electron chi connectivity index (χ4n) is 1.84. The summed E-state index contributed by atoms with van der Waals surface area (Å²) in [6.45, 7) is 0. The van der Waals surface area contributed by atoms with Crippen LogP contribution in [0.5, 0.6) is 23.0 Å². The molecule has 148 valence electrons. The van der Waals surface area contributed by atoms with Gasteiger partial charge in [-0.15, -0.1) is 0 Å². The van der Waals surface area contributed by atoms with Crippen molar-refractivity contribution in [1.29, 1.82) is 0 Å². The van der Waals surface area contributed by atoms with Crippen LogP contribution in [0.15, 0.2) is 24.3 Å². The summed E-state index contributed by atoms with van der Waals surface area (Å²) < 4.78 is 0. The maximum Gasteiger partial charge on any atom is 0.339 e. The van der Waals surface area contributed by atoms with Gasteiger partial charge in [-0.2, -0.15) is 0 Å². The summed E-state index contributed by atoms with van der Waals surface area (Å²) in [5, 5.41) is 70.3. The largest absolute Gasteiger partial charge is 0.507 e. The van der Waals surface area contributed by atoms with Gasteiger partial charge in [0.15, 0.2) is 0 Å². The van der Waals surface area contributed by atoms with Crippen molar-refractivity contribution >= 4 is 23.9 Å². The molecule has 0 bridgehead atoms. The molecule has 8 N–H and O–H groups in total. The molecule has 0 aromatic heterocycles. The van der Waals surface area contributed by atoms with Gasteiger partial charge in [-0.3, -0.25) is 0 Å². The third-order valence-corrected chi connectivity index (χ3v) is 3.15. The van der Waals surface area contributed by atoms with E-state index in [0.717, 1.165) is 0 Å². The molecule has 0 aliphatic carbocycles. The number of carbonyl (C=O) groups is 4. The zero-order chi connectivity index (χ0) is 21.8. The summed E-state index contributed by atoms with van der Waals surface area (Å²) in [7, 11) is 0. The second-order valence-corrected chi connectivity index (χ2v) is 4.99. The summed E-state index contributed by atoms with van der Waals surface area (Å²) in [6.07, 6.45) is 0. The first-order chi connectivity index (χ1) is 12.9. The number of aromatic carboxylic acids is 4. The van der Waals surface area contributed by atoms with Crippen molar-refractivity contribution in [3.63, 3.8) is 0 Å². The molecule has 0 atom stereocenters. The Hall–Kier alpha value is -4.48. The van der Waals surface area contributed by atoms with Gasteiger partial charge in [0.25, 0.3) is 0 Å². The Bertz CT molecular complexity index is 817. The Morgan fingerprint density at radius 2 is 0.571 bits per heavy atom. The summed E-state index contributed by atoms with van der Waals surface area (Å²) in [5.74, 6) is -8.60. The van der Waals surface area contributed by atoms with Crippen LogP contribution < -0.4 is 0 Å². The molecule has 12 nitrogen and oxygen atoms in total. The van der Waals surface area contributed by atoms with E-state index in [9.17, 15) is 19.2 Å². The lowest BCUT2D eigenvalue weighted by molar-refractivity contribution is 0.0675. The molecular weight excluding hydrogens is 384 g/mol. The van der Waals surface area contributed by atoms with E-state index < -0.39 is 69.1 Å². The zero-order valence-corrected chi connectivity index (χ0v) is 13.5. The highest BCUT2D eigenvalue weighted by Gasteiger charge is 2.18. The van der Waals surface area contributed by atoms with Gasteiger partial charge in [-0.05, 0) is 24.3 Å². The van der Waals surface area contributed by atoms with Gasteiger partial charge in [-0.25, -0.2) is 19.2 Å². The Balaban J connectivity index is 0.000000280. The number of carboxylic acid groups (broad SMARTS) is 4. The van der Waals surface area contributed by atoms with Crippen LogP contribution in [0.2, 0.25) is 0 Å². The predicted octanol–water partition coefficient (Wildman–Crippen LogP) is 0.988. The minimum absolute atomic E-state index is 0.549. The van der Waals surface area contributed by atoms with Crippen molar-refractivity contribution in [1.82, 2.24) is 0 Å². The molecule has 0 aliphatic rings. The van der Waals surface area contributed by atoms with Crippen LogP contribution in [-0.4, -0.2) is 64.7 Å². The highest BCUT2D eigenvalue weighted by Crippen LogP contribution is 2.28. The molecule has 0 unspecified atom stereocenters. The highest BCUT2D eigenvalue weighted by atomic mass is 16.4. The second-order valence-electron chi connectivity index (χ2n) is 4.99. The predicted molar refractivity (Wildman–Crippen MR) is 87.4 cm³/mol. The molecule has 0 fully saturated rings. The quantitative estimate of drug-likeness (QED) is 0.338. The van der Waals surface area contributed by atoms with Crippen molar-refractivity contribution in [2.75, 3.05) is 0 Å². The lowest BCUT2D eigenvalue weighted by atomic mass is 10.1. The Morgan fingerprint density at radius 3 is 0.679 bits per heavy atom. The summed E-state index contributed by atoms with van der Waals surface area (Å²) >= 11 is 0. The first kappa shape index (κ1) is 21.6. The number of aromatic hydroxyl groups is 4. The van der Waals surface area contributed by atoms with Gasteiger partial charge in [0.2, 0.25) is 0 Å². The van der Waals surface area contributed by atoms with Crippen molar-refractivity contribution in [3.8, 4) is 23.0 Å². The fourth-order valence-corrected chi connectivity index (χ4v) is 1.84. The number of rotatable bonds is 4. The van der Waals surface area contributed by atoms with E-state index in [1.807, 2.05) is 0 Å². The van der Waals surface area contributed by atoms with Crippen molar-refractivity contribution in [3.05, 3.63) is 46.5 Å². The van der Waals surface area contributed by atoms with Crippen LogP contribution in [0.25, 0.3) is 0 Å². The van der Waals surface area contributed by atoms with Crippen LogP contribution in [-0.2, 0) is 0 Å². The van der Waals surface area contributed by atoms with Crippen molar-refractivity contribution in [2.45, 2.75) is 0 Å². The molecule has 0 aliphatic heterocycles. The van der Waals surface area contributed by atoms with Gasteiger partial charge in [0.05, 0.1) is 0 Å². The minimum Gasteiger partial charge on any atom is -0.507 e. The molecule has 0 amide bonds. The van der Waals surface area contributed by atoms with Crippen LogP contribution >= 0.6 is 0 Å². The van der Waals surface area contributed by atoms with E-state index in [2.05, 4.69) is 0 Å². The molecule has 2 rings (SSSR count). The summed E-state index contributed by atoms with van der Waals surface area (Å²) in [4.78, 5) is 41.7. The third kappa shape index (κ3) is 4.78. The van der Waals surface area contributed by atoms with Crippen LogP contribution in [0.1, 0.15) is 41.4 Å². The average molecular weight is 396 g/mol. The van der Waals surface area contributed by atoms with Crippen LogP contribution in [0, 0.1) is 0 Å². The maximum atomic E-state index is 10.4. The first-order valence-electron chi connectivity index (χ1n) is 6.91. The molecule has 0 saturated heterocycles. The first-order valence-corrected chi connectivity index (χ1v) is 6.91. The molecule has 0 spiro atoms. The Morgan fingerprint density at radius 1 is 0.429 bits per heavy atom. The molecule has 12 heteroatoms. The molecule has 2 aromatic carbocycles. The van der Waals surface area contributed by atoms with Gasteiger partial charge >= 0.3 is 23.9 Å². The molecule has 28 heavy (non-hydrogen) atoms. The van der Waals surface area contributed by atoms with E-state index in [1.54, 1.807) is 0 Å². The third-order valence-electron chi connectivity index (χ3n) is 3.15. The monoisotopic (exact) mass is 396 g/mol. The lowest BCUT2D eigenvalue weighted by Gasteiger charge is -2.03. The van der Waals surface area contributed by atoms with Crippen LogP contribution in [0.4, 0.5) is 0 Å². The number of hydrogen-bond donors (Lipinski definition) is 8. The maximum absolute atomic E-state index is 10.4. The molecule has 0 saturated carbocycles. The molecular formula is C16H12O12. The Labute approximate surface area is 154 Å². The van der Waals surface area contributed by atoms with E-state index in [1.165, 1.54) is 0 Å².